The smallest absolute Gasteiger partial charge is 0.282 e. The van der Waals surface area contributed by atoms with Crippen molar-refractivity contribution in [2.24, 2.45) is 4.99 Å². The van der Waals surface area contributed by atoms with Crippen molar-refractivity contribution in [2.45, 2.75) is 0 Å². The van der Waals surface area contributed by atoms with Crippen LogP contribution in [0.3, 0.4) is 0 Å². The highest BCUT2D eigenvalue weighted by Crippen LogP contribution is 2.26. The van der Waals surface area contributed by atoms with Crippen LogP contribution in [0.15, 0.2) is 17.1 Å². The van der Waals surface area contributed by atoms with Gasteiger partial charge in [0.05, 0.1) is 15.8 Å². The van der Waals surface area contributed by atoms with Gasteiger partial charge in [-0.2, -0.15) is 0 Å². The molecule has 0 atom stereocenters. The third-order valence-electron chi connectivity index (χ3n) is 1.78. The van der Waals surface area contributed by atoms with Crippen molar-refractivity contribution < 1.29 is 4.92 Å². The Bertz CT molecular complexity index is 381. The van der Waals surface area contributed by atoms with Gasteiger partial charge in [-0.25, -0.2) is 0 Å². The van der Waals surface area contributed by atoms with Gasteiger partial charge >= 0.3 is 5.00 Å². The number of nitrogens with zero attached hydrogens (tertiary/aromatic N) is 2. The van der Waals surface area contributed by atoms with Crippen LogP contribution in [0.2, 0.25) is 0 Å². The SMILES string of the molecule is O=[N+]([O-])c1ccc(C=N[C]2[CH][CH][CH][CH]2)s1. The molecular weight excluding hydrogens is 212 g/mol. The lowest BCUT2D eigenvalue weighted by molar-refractivity contribution is -0.380. The molecule has 1 aliphatic rings. The van der Waals surface area contributed by atoms with Gasteiger partial charge in [0, 0.05) is 12.3 Å². The quantitative estimate of drug-likeness (QED) is 0.445. The van der Waals surface area contributed by atoms with Gasteiger partial charge in [-0.1, -0.05) is 11.3 Å². The maximum atomic E-state index is 10.4. The van der Waals surface area contributed by atoms with E-state index in [0.29, 0.717) is 0 Å². The molecule has 0 amide bonds. The summed E-state index contributed by atoms with van der Waals surface area (Å²) in [6.07, 6.45) is 9.16. The van der Waals surface area contributed by atoms with Gasteiger partial charge in [-0.3, -0.25) is 15.1 Å². The van der Waals surface area contributed by atoms with Crippen molar-refractivity contribution in [3.05, 3.63) is 58.8 Å². The number of thiophene rings is 1. The Morgan fingerprint density at radius 1 is 1.33 bits per heavy atom. The van der Waals surface area contributed by atoms with Gasteiger partial charge in [0.2, 0.25) is 0 Å². The molecule has 5 heteroatoms. The Morgan fingerprint density at radius 3 is 2.67 bits per heavy atom. The summed E-state index contributed by atoms with van der Waals surface area (Å²) < 4.78 is 0. The largest absolute Gasteiger partial charge is 0.324 e. The minimum atomic E-state index is -0.398. The number of rotatable bonds is 3. The monoisotopic (exact) mass is 219 g/mol. The van der Waals surface area contributed by atoms with E-state index in [4.69, 9.17) is 0 Å². The maximum Gasteiger partial charge on any atom is 0.324 e. The first-order valence-corrected chi connectivity index (χ1v) is 5.07. The van der Waals surface area contributed by atoms with E-state index in [-0.39, 0.29) is 5.00 Å². The Labute approximate surface area is 91.8 Å². The van der Waals surface area contributed by atoms with E-state index in [1.807, 2.05) is 25.7 Å². The second kappa shape index (κ2) is 4.53. The third kappa shape index (κ3) is 2.62. The summed E-state index contributed by atoms with van der Waals surface area (Å²) in [5.41, 5.74) is 0. The molecule has 1 aromatic heterocycles. The zero-order valence-corrected chi connectivity index (χ0v) is 8.48. The normalized spacial score (nSPS) is 17.6. The van der Waals surface area contributed by atoms with Gasteiger partial charge in [-0.15, -0.1) is 0 Å². The molecule has 75 valence electrons. The van der Waals surface area contributed by atoms with Gasteiger partial charge < -0.3 is 0 Å². The lowest BCUT2D eigenvalue weighted by Crippen LogP contribution is -1.86. The van der Waals surface area contributed by atoms with Crippen LogP contribution in [0.4, 0.5) is 5.00 Å². The highest BCUT2D eigenvalue weighted by atomic mass is 32.1. The summed E-state index contributed by atoms with van der Waals surface area (Å²) in [6, 6.07) is 4.03. The lowest BCUT2D eigenvalue weighted by atomic mass is 10.3. The van der Waals surface area contributed by atoms with Crippen LogP contribution in [-0.2, 0) is 0 Å². The predicted octanol–water partition coefficient (Wildman–Crippen LogP) is 2.44. The van der Waals surface area contributed by atoms with Crippen molar-refractivity contribution in [2.75, 3.05) is 0 Å². The van der Waals surface area contributed by atoms with E-state index in [1.54, 1.807) is 12.3 Å². The fourth-order valence-corrected chi connectivity index (χ4v) is 1.79. The fourth-order valence-electron chi connectivity index (χ4n) is 1.10. The second-order valence-electron chi connectivity index (χ2n) is 2.83. The standard InChI is InChI=1S/C10H7N2O2S/c13-12(14)10-6-5-9(15-10)7-11-8-3-1-2-4-8/h1-7H. The zero-order chi connectivity index (χ0) is 10.7. The summed E-state index contributed by atoms with van der Waals surface area (Å²) in [7, 11) is 0. The molecule has 4 nitrogen and oxygen atoms in total. The van der Waals surface area contributed by atoms with Crippen molar-refractivity contribution in [3.8, 4) is 0 Å². The number of aliphatic imine (C=N–C) groups is 1. The van der Waals surface area contributed by atoms with Crippen LogP contribution < -0.4 is 0 Å². The molecule has 1 fully saturated rings. The lowest BCUT2D eigenvalue weighted by Gasteiger charge is -1.95. The van der Waals surface area contributed by atoms with Crippen molar-refractivity contribution in [3.63, 3.8) is 0 Å². The van der Waals surface area contributed by atoms with Gasteiger partial charge in [0.25, 0.3) is 0 Å². The summed E-state index contributed by atoms with van der Waals surface area (Å²) in [4.78, 5) is 15.0. The Morgan fingerprint density at radius 2 is 2.07 bits per heavy atom. The van der Waals surface area contributed by atoms with Crippen LogP contribution in [0.25, 0.3) is 0 Å². The van der Waals surface area contributed by atoms with E-state index in [9.17, 15) is 10.1 Å². The number of hydrogen-bond acceptors (Lipinski definition) is 4. The topological polar surface area (TPSA) is 55.5 Å². The summed E-state index contributed by atoms with van der Waals surface area (Å²) in [6.45, 7) is 0. The van der Waals surface area contributed by atoms with E-state index < -0.39 is 4.92 Å². The molecule has 1 heterocycles. The molecule has 5 radical (unpaired) electrons. The van der Waals surface area contributed by atoms with Crippen LogP contribution in [0.1, 0.15) is 4.88 Å². The first-order chi connectivity index (χ1) is 7.25. The van der Waals surface area contributed by atoms with E-state index in [2.05, 4.69) is 4.99 Å². The number of nitro groups is 1. The zero-order valence-electron chi connectivity index (χ0n) is 7.66. The molecule has 1 aromatic rings. The van der Waals surface area contributed by atoms with E-state index in [0.717, 1.165) is 22.3 Å². The van der Waals surface area contributed by atoms with Gasteiger partial charge in [-0.05, 0) is 31.7 Å². The van der Waals surface area contributed by atoms with Gasteiger partial charge in [0.15, 0.2) is 0 Å². The highest BCUT2D eigenvalue weighted by molar-refractivity contribution is 7.16. The van der Waals surface area contributed by atoms with E-state index in [1.165, 1.54) is 6.07 Å². The number of hydrogen-bond donors (Lipinski definition) is 0. The molecule has 1 saturated carbocycles. The van der Waals surface area contributed by atoms with Crippen molar-refractivity contribution >= 4 is 22.6 Å². The molecule has 2 rings (SSSR count). The van der Waals surface area contributed by atoms with Crippen LogP contribution in [-0.4, -0.2) is 11.1 Å². The average Bonchev–Trinajstić information content (AvgIpc) is 2.86. The Kier molecular flexibility index (Phi) is 3.11. The van der Waals surface area contributed by atoms with Crippen molar-refractivity contribution in [1.82, 2.24) is 0 Å². The molecule has 15 heavy (non-hydrogen) atoms. The molecule has 1 aliphatic carbocycles. The fraction of sp³-hybridized carbons (Fsp3) is 0. The summed E-state index contributed by atoms with van der Waals surface area (Å²) in [5.74, 6) is 0. The minimum absolute atomic E-state index is 0.138. The van der Waals surface area contributed by atoms with E-state index >= 15 is 0 Å². The first kappa shape index (κ1) is 10.3. The minimum Gasteiger partial charge on any atom is -0.282 e. The Hall–Kier alpha value is -1.23. The molecule has 0 aliphatic heterocycles. The molecule has 0 bridgehead atoms. The Balaban J connectivity index is 2.00. The molecule has 0 aromatic carbocycles. The predicted molar refractivity (Wildman–Crippen MR) is 59.0 cm³/mol. The average molecular weight is 219 g/mol. The first-order valence-electron chi connectivity index (χ1n) is 4.26. The summed E-state index contributed by atoms with van der Waals surface area (Å²) >= 11 is 1.11. The van der Waals surface area contributed by atoms with Crippen LogP contribution in [0, 0.1) is 41.8 Å². The molecule has 0 unspecified atom stereocenters. The van der Waals surface area contributed by atoms with Crippen LogP contribution >= 0.6 is 11.3 Å². The molecule has 0 saturated heterocycles. The van der Waals surface area contributed by atoms with Crippen molar-refractivity contribution in [1.29, 1.82) is 0 Å². The summed E-state index contributed by atoms with van der Waals surface area (Å²) in [5, 5.41) is 10.6. The molecule has 0 N–H and O–H groups in total. The highest BCUT2D eigenvalue weighted by Gasteiger charge is 2.15. The third-order valence-corrected chi connectivity index (χ3v) is 2.75. The molecule has 0 spiro atoms. The maximum absolute atomic E-state index is 10.4. The van der Waals surface area contributed by atoms with Gasteiger partial charge in [0.1, 0.15) is 0 Å². The second-order valence-corrected chi connectivity index (χ2v) is 3.93. The molecular formula is C10H7N2O2S. The van der Waals surface area contributed by atoms with Crippen LogP contribution in [0.5, 0.6) is 0 Å².